The zero-order valence-corrected chi connectivity index (χ0v) is 24.1. The first-order chi connectivity index (χ1) is 18.7. The number of rotatable bonds is 9. The van der Waals surface area contributed by atoms with Crippen molar-refractivity contribution in [3.63, 3.8) is 0 Å². The summed E-state index contributed by atoms with van der Waals surface area (Å²) in [5.74, 6) is 1.94. The number of aliphatic hydroxyl groups excluding tert-OH is 1. The molecule has 1 saturated carbocycles. The van der Waals surface area contributed by atoms with Crippen molar-refractivity contribution in [2.24, 2.45) is 5.92 Å². The minimum atomic E-state index is -0.466. The molecule has 0 spiro atoms. The van der Waals surface area contributed by atoms with Crippen LogP contribution in [0.2, 0.25) is 0 Å². The first-order valence-corrected chi connectivity index (χ1v) is 14.7. The van der Waals surface area contributed by atoms with E-state index in [0.717, 1.165) is 94.5 Å². The van der Waals surface area contributed by atoms with E-state index < -0.39 is 5.60 Å². The highest BCUT2D eigenvalue weighted by Gasteiger charge is 2.27. The second-order valence-electron chi connectivity index (χ2n) is 12.1. The maximum atomic E-state index is 12.4. The number of ether oxygens (including phenoxy) is 1. The molecule has 0 atom stereocenters. The average Bonchev–Trinajstić information content (AvgIpc) is 2.90. The van der Waals surface area contributed by atoms with Crippen LogP contribution in [0.5, 0.6) is 0 Å². The number of hydrogen-bond acceptors (Lipinski definition) is 8. The van der Waals surface area contributed by atoms with Crippen molar-refractivity contribution in [1.29, 1.82) is 0 Å². The molecule has 1 saturated heterocycles. The van der Waals surface area contributed by atoms with Gasteiger partial charge in [0.05, 0.1) is 17.4 Å². The van der Waals surface area contributed by atoms with Crippen LogP contribution < -0.4 is 10.6 Å². The average molecular weight is 539 g/mol. The highest BCUT2D eigenvalue weighted by atomic mass is 16.6. The fourth-order valence-corrected chi connectivity index (χ4v) is 5.24. The number of aromatic nitrogens is 3. The van der Waals surface area contributed by atoms with Gasteiger partial charge in [0.15, 0.2) is 0 Å². The standard InChI is InChI=1S/C30H46N6O3/c1-5-6-15-31-28-33-20-25(27(35-28)34-23-8-10-24(37)11-9-23)26-12-7-22(19-32-26)18-21-13-16-36(17-14-21)29(38)39-30(2,3)4/h7,12,19-21,23-24,37H,5-6,8-11,13-18H2,1-4H3,(H2,31,33,34,35). The second-order valence-corrected chi connectivity index (χ2v) is 12.1. The molecule has 39 heavy (non-hydrogen) atoms. The smallest absolute Gasteiger partial charge is 0.410 e. The lowest BCUT2D eigenvalue weighted by atomic mass is 9.90. The summed E-state index contributed by atoms with van der Waals surface area (Å²) in [6.07, 6.45) is 11.9. The van der Waals surface area contributed by atoms with E-state index in [2.05, 4.69) is 34.7 Å². The minimum absolute atomic E-state index is 0.196. The van der Waals surface area contributed by atoms with Gasteiger partial charge in [0.1, 0.15) is 11.4 Å². The summed E-state index contributed by atoms with van der Waals surface area (Å²) in [4.78, 5) is 28.4. The summed E-state index contributed by atoms with van der Waals surface area (Å²) >= 11 is 0. The summed E-state index contributed by atoms with van der Waals surface area (Å²) in [6.45, 7) is 10.2. The zero-order chi connectivity index (χ0) is 27.8. The Morgan fingerprint density at radius 1 is 1.08 bits per heavy atom. The second kappa shape index (κ2) is 13.4. The number of carbonyl (C=O) groups excluding carboxylic acids is 1. The molecule has 2 aromatic rings. The molecule has 0 unspecified atom stereocenters. The number of nitrogens with one attached hydrogen (secondary N) is 2. The Morgan fingerprint density at radius 2 is 1.82 bits per heavy atom. The van der Waals surface area contributed by atoms with Gasteiger partial charge >= 0.3 is 6.09 Å². The number of hydrogen-bond donors (Lipinski definition) is 3. The van der Waals surface area contributed by atoms with Crippen LogP contribution in [0, 0.1) is 5.92 Å². The summed E-state index contributed by atoms with van der Waals surface area (Å²) in [6, 6.07) is 4.48. The van der Waals surface area contributed by atoms with Crippen LogP contribution in [0.3, 0.4) is 0 Å². The quantitative estimate of drug-likeness (QED) is 0.351. The molecule has 3 N–H and O–H groups in total. The molecule has 0 aromatic carbocycles. The van der Waals surface area contributed by atoms with Crippen molar-refractivity contribution in [3.8, 4) is 11.3 Å². The molecule has 214 valence electrons. The van der Waals surface area contributed by atoms with Crippen LogP contribution in [0.15, 0.2) is 24.5 Å². The number of unbranched alkanes of at least 4 members (excludes halogenated alkanes) is 1. The Bertz CT molecular complexity index is 1060. The van der Waals surface area contributed by atoms with Gasteiger partial charge in [-0.25, -0.2) is 9.78 Å². The molecule has 4 rings (SSSR count). The predicted octanol–water partition coefficient (Wildman–Crippen LogP) is 5.66. The van der Waals surface area contributed by atoms with Gasteiger partial charge in [-0.15, -0.1) is 0 Å². The van der Waals surface area contributed by atoms with E-state index in [-0.39, 0.29) is 18.2 Å². The van der Waals surface area contributed by atoms with E-state index in [4.69, 9.17) is 14.7 Å². The molecule has 0 radical (unpaired) electrons. The van der Waals surface area contributed by atoms with Crippen molar-refractivity contribution >= 4 is 17.9 Å². The van der Waals surface area contributed by atoms with Gasteiger partial charge in [0, 0.05) is 38.1 Å². The summed E-state index contributed by atoms with van der Waals surface area (Å²) in [5.41, 5.74) is 2.47. The van der Waals surface area contributed by atoms with E-state index in [1.807, 2.05) is 38.1 Å². The molecule has 9 nitrogen and oxygen atoms in total. The van der Waals surface area contributed by atoms with Crippen molar-refractivity contribution in [2.75, 3.05) is 30.3 Å². The summed E-state index contributed by atoms with van der Waals surface area (Å²) in [5, 5.41) is 16.9. The van der Waals surface area contributed by atoms with Crippen molar-refractivity contribution in [3.05, 3.63) is 30.1 Å². The van der Waals surface area contributed by atoms with Gasteiger partial charge in [0.25, 0.3) is 0 Å². The molecule has 2 aliphatic rings. The number of nitrogens with zero attached hydrogens (tertiary/aromatic N) is 4. The van der Waals surface area contributed by atoms with Crippen LogP contribution >= 0.6 is 0 Å². The Kier molecular flexibility index (Phi) is 9.99. The molecule has 2 fully saturated rings. The van der Waals surface area contributed by atoms with Crippen LogP contribution in [0.4, 0.5) is 16.6 Å². The monoisotopic (exact) mass is 538 g/mol. The maximum Gasteiger partial charge on any atom is 0.410 e. The van der Waals surface area contributed by atoms with Gasteiger partial charge in [-0.3, -0.25) is 4.98 Å². The molecule has 3 heterocycles. The Hall–Kier alpha value is -2.94. The molecule has 1 amide bonds. The number of amides is 1. The normalized spacial score (nSPS) is 20.5. The van der Waals surface area contributed by atoms with Crippen molar-refractivity contribution < 1.29 is 14.6 Å². The lowest BCUT2D eigenvalue weighted by molar-refractivity contribution is 0.0184. The molecule has 2 aromatic heterocycles. The Labute approximate surface area is 233 Å². The van der Waals surface area contributed by atoms with Crippen molar-refractivity contribution in [1.82, 2.24) is 19.9 Å². The van der Waals surface area contributed by atoms with Crippen LogP contribution in [0.25, 0.3) is 11.3 Å². The molecule has 9 heteroatoms. The highest BCUT2D eigenvalue weighted by Crippen LogP contribution is 2.30. The fraction of sp³-hybridized carbons (Fsp3) is 0.667. The first kappa shape index (κ1) is 29.1. The topological polar surface area (TPSA) is 113 Å². The lowest BCUT2D eigenvalue weighted by Gasteiger charge is -2.33. The summed E-state index contributed by atoms with van der Waals surface area (Å²) < 4.78 is 5.53. The summed E-state index contributed by atoms with van der Waals surface area (Å²) in [7, 11) is 0. The van der Waals surface area contributed by atoms with Gasteiger partial charge in [-0.05, 0) is 89.7 Å². The maximum absolute atomic E-state index is 12.4. The van der Waals surface area contributed by atoms with Gasteiger partial charge in [0.2, 0.25) is 5.95 Å². The Balaban J connectivity index is 1.39. The number of carbonyl (C=O) groups is 1. The van der Waals surface area contributed by atoms with E-state index in [0.29, 0.717) is 11.9 Å². The molecule has 1 aliphatic heterocycles. The molecule has 1 aliphatic carbocycles. The van der Waals surface area contributed by atoms with E-state index in [9.17, 15) is 9.90 Å². The number of pyridine rings is 1. The van der Waals surface area contributed by atoms with Gasteiger partial charge in [-0.2, -0.15) is 4.98 Å². The molecule has 0 bridgehead atoms. The van der Waals surface area contributed by atoms with Crippen LogP contribution in [0.1, 0.15) is 84.6 Å². The van der Waals surface area contributed by atoms with Crippen LogP contribution in [-0.4, -0.2) is 68.4 Å². The predicted molar refractivity (Wildman–Crippen MR) is 155 cm³/mol. The third kappa shape index (κ3) is 8.78. The van der Waals surface area contributed by atoms with E-state index in [1.165, 1.54) is 5.56 Å². The number of anilines is 2. The first-order valence-electron chi connectivity index (χ1n) is 14.7. The molecular weight excluding hydrogens is 492 g/mol. The van der Waals surface area contributed by atoms with Crippen LogP contribution in [-0.2, 0) is 11.2 Å². The number of likely N-dealkylation sites (tertiary alicyclic amines) is 1. The van der Waals surface area contributed by atoms with Gasteiger partial charge < -0.3 is 25.4 Å². The fourth-order valence-electron chi connectivity index (χ4n) is 5.24. The van der Waals surface area contributed by atoms with Crippen molar-refractivity contribution in [2.45, 2.75) is 103 Å². The third-order valence-corrected chi connectivity index (χ3v) is 7.53. The molecular formula is C30H46N6O3. The van der Waals surface area contributed by atoms with Gasteiger partial charge in [-0.1, -0.05) is 19.4 Å². The number of aliphatic hydroxyl groups is 1. The lowest BCUT2D eigenvalue weighted by Crippen LogP contribution is -2.42. The Morgan fingerprint density at radius 3 is 2.46 bits per heavy atom. The largest absolute Gasteiger partial charge is 0.444 e. The van der Waals surface area contributed by atoms with E-state index in [1.54, 1.807) is 0 Å². The third-order valence-electron chi connectivity index (χ3n) is 7.53. The van der Waals surface area contributed by atoms with E-state index >= 15 is 0 Å². The number of piperidine rings is 1. The highest BCUT2D eigenvalue weighted by molar-refractivity contribution is 5.73. The zero-order valence-electron chi connectivity index (χ0n) is 24.1. The minimum Gasteiger partial charge on any atom is -0.444 e. The SMILES string of the molecule is CCCCNc1ncc(-c2ccc(CC3CCN(C(=O)OC(C)(C)C)CC3)cn2)c(NC2CCC(O)CC2)n1.